The van der Waals surface area contributed by atoms with Gasteiger partial charge in [0.15, 0.2) is 23.0 Å². The van der Waals surface area contributed by atoms with Crippen molar-refractivity contribution in [1.29, 1.82) is 0 Å². The summed E-state index contributed by atoms with van der Waals surface area (Å²) in [5.41, 5.74) is 0.226. The molecule has 3 aromatic rings. The highest BCUT2D eigenvalue weighted by molar-refractivity contribution is 5.96. The molecule has 2 bridgehead atoms. The van der Waals surface area contributed by atoms with Crippen LogP contribution in [0.2, 0.25) is 0 Å². The van der Waals surface area contributed by atoms with Gasteiger partial charge < -0.3 is 14.7 Å². The quantitative estimate of drug-likeness (QED) is 0.554. The first-order valence-corrected chi connectivity index (χ1v) is 11.8. The summed E-state index contributed by atoms with van der Waals surface area (Å²) in [4.78, 5) is 27.7. The largest absolute Gasteiger partial charge is 0.502 e. The third-order valence-corrected chi connectivity index (χ3v) is 7.00. The zero-order valence-electron chi connectivity index (χ0n) is 19.2. The molecule has 6 rings (SSSR count). The SMILES string of the molecule is O=C1c2c(O)c(=O)ccn2N2CN1[C@H](C1CC1)/C=C\COc1c(ccc(F)c1F)[C@H]2c1ccccc1. The van der Waals surface area contributed by atoms with Gasteiger partial charge in [-0.15, -0.1) is 0 Å². The van der Waals surface area contributed by atoms with Crippen molar-refractivity contribution < 1.29 is 23.4 Å². The van der Waals surface area contributed by atoms with Gasteiger partial charge in [-0.05, 0) is 42.5 Å². The van der Waals surface area contributed by atoms with E-state index in [1.54, 1.807) is 16.0 Å². The fraction of sp³-hybridized carbons (Fsp3) is 0.259. The van der Waals surface area contributed by atoms with E-state index in [1.807, 2.05) is 36.4 Å². The van der Waals surface area contributed by atoms with Gasteiger partial charge in [-0.3, -0.25) is 19.3 Å². The first kappa shape index (κ1) is 22.3. The van der Waals surface area contributed by atoms with E-state index in [0.29, 0.717) is 5.56 Å². The maximum Gasteiger partial charge on any atom is 0.278 e. The van der Waals surface area contributed by atoms with Gasteiger partial charge in [-0.25, -0.2) is 4.39 Å². The number of fused-ring (bicyclic) bond motifs is 5. The molecule has 9 heteroatoms. The minimum atomic E-state index is -1.10. The number of aromatic nitrogens is 1. The Morgan fingerprint density at radius 1 is 1.00 bits per heavy atom. The zero-order valence-corrected chi connectivity index (χ0v) is 19.2. The summed E-state index contributed by atoms with van der Waals surface area (Å²) in [6.07, 6.45) is 6.81. The Balaban J connectivity index is 1.65. The molecule has 0 unspecified atom stereocenters. The van der Waals surface area contributed by atoms with Gasteiger partial charge in [-0.1, -0.05) is 36.4 Å². The summed E-state index contributed by atoms with van der Waals surface area (Å²) >= 11 is 0. The number of hydrogen-bond donors (Lipinski definition) is 1. The number of nitrogens with zero attached hydrogens (tertiary/aromatic N) is 3. The highest BCUT2D eigenvalue weighted by Crippen LogP contribution is 2.42. The monoisotopic (exact) mass is 491 g/mol. The van der Waals surface area contributed by atoms with Crippen LogP contribution in [0.25, 0.3) is 0 Å². The molecule has 36 heavy (non-hydrogen) atoms. The molecule has 2 aromatic carbocycles. The normalized spacial score (nSPS) is 22.2. The minimum Gasteiger partial charge on any atom is -0.502 e. The first-order valence-electron chi connectivity index (χ1n) is 11.8. The van der Waals surface area contributed by atoms with Gasteiger partial charge in [-0.2, -0.15) is 4.39 Å². The van der Waals surface area contributed by atoms with Crippen LogP contribution in [0, 0.1) is 17.6 Å². The third-order valence-electron chi connectivity index (χ3n) is 7.00. The number of rotatable bonds is 2. The lowest BCUT2D eigenvalue weighted by atomic mass is 9.96. The summed E-state index contributed by atoms with van der Waals surface area (Å²) in [7, 11) is 0. The highest BCUT2D eigenvalue weighted by Gasteiger charge is 2.44. The number of carbonyl (C=O) groups is 1. The fourth-order valence-corrected chi connectivity index (χ4v) is 5.13. The number of halogens is 2. The van der Waals surface area contributed by atoms with Crippen LogP contribution in [0.5, 0.6) is 11.5 Å². The molecular weight excluding hydrogens is 468 g/mol. The van der Waals surface area contributed by atoms with Crippen molar-refractivity contribution in [1.82, 2.24) is 9.58 Å². The number of hydrogen-bond acceptors (Lipinski definition) is 5. The predicted octanol–water partition coefficient (Wildman–Crippen LogP) is 3.70. The molecular formula is C27H23F2N3O4. The van der Waals surface area contributed by atoms with E-state index < -0.39 is 34.8 Å². The second-order valence-electron chi connectivity index (χ2n) is 9.24. The van der Waals surface area contributed by atoms with E-state index in [-0.39, 0.29) is 36.7 Å². The predicted molar refractivity (Wildman–Crippen MR) is 127 cm³/mol. The van der Waals surface area contributed by atoms with Crippen molar-refractivity contribution in [3.8, 4) is 11.5 Å². The van der Waals surface area contributed by atoms with Crippen molar-refractivity contribution >= 4 is 5.91 Å². The Labute approximate surface area is 205 Å². The number of pyridine rings is 1. The Morgan fingerprint density at radius 3 is 2.53 bits per heavy atom. The van der Waals surface area contributed by atoms with Crippen molar-refractivity contribution in [3.63, 3.8) is 0 Å². The van der Waals surface area contributed by atoms with Crippen LogP contribution in [0.4, 0.5) is 8.78 Å². The van der Waals surface area contributed by atoms with E-state index in [1.165, 1.54) is 23.0 Å². The fourth-order valence-electron chi connectivity index (χ4n) is 5.13. The molecule has 2 atom stereocenters. The second-order valence-corrected chi connectivity index (χ2v) is 9.24. The molecule has 7 nitrogen and oxygen atoms in total. The van der Waals surface area contributed by atoms with Crippen molar-refractivity contribution in [3.05, 3.63) is 106 Å². The van der Waals surface area contributed by atoms with Gasteiger partial charge in [0.1, 0.15) is 19.3 Å². The summed E-state index contributed by atoms with van der Waals surface area (Å²) in [5, 5.41) is 12.5. The summed E-state index contributed by atoms with van der Waals surface area (Å²) in [5.74, 6) is -3.28. The summed E-state index contributed by atoms with van der Waals surface area (Å²) < 4.78 is 36.7. The zero-order chi connectivity index (χ0) is 25.0. The molecule has 1 aliphatic carbocycles. The van der Waals surface area contributed by atoms with Crippen LogP contribution in [0.1, 0.15) is 40.5 Å². The average Bonchev–Trinajstić information content (AvgIpc) is 3.72. The molecule has 1 aromatic heterocycles. The van der Waals surface area contributed by atoms with Crippen LogP contribution < -0.4 is 15.2 Å². The molecule has 2 aliphatic heterocycles. The van der Waals surface area contributed by atoms with Crippen LogP contribution in [0.15, 0.2) is 71.7 Å². The van der Waals surface area contributed by atoms with E-state index >= 15 is 4.39 Å². The molecule has 1 fully saturated rings. The topological polar surface area (TPSA) is 75.0 Å². The van der Waals surface area contributed by atoms with E-state index in [4.69, 9.17) is 4.74 Å². The number of aromatic hydroxyl groups is 1. The molecule has 184 valence electrons. The smallest absolute Gasteiger partial charge is 0.278 e. The number of benzene rings is 2. The van der Waals surface area contributed by atoms with Gasteiger partial charge in [0.05, 0.1) is 6.04 Å². The van der Waals surface area contributed by atoms with Crippen molar-refractivity contribution in [2.24, 2.45) is 5.92 Å². The molecule has 1 saturated carbocycles. The molecule has 3 heterocycles. The molecule has 0 spiro atoms. The summed E-state index contributed by atoms with van der Waals surface area (Å²) in [6.45, 7) is 0.0633. The average molecular weight is 491 g/mol. The molecule has 0 saturated heterocycles. The van der Waals surface area contributed by atoms with Gasteiger partial charge in [0, 0.05) is 17.8 Å². The number of amides is 1. The lowest BCUT2D eigenvalue weighted by molar-refractivity contribution is 0.0610. The number of ether oxygens (including phenoxy) is 1. The van der Waals surface area contributed by atoms with E-state index in [0.717, 1.165) is 24.5 Å². The van der Waals surface area contributed by atoms with Crippen molar-refractivity contribution in [2.45, 2.75) is 24.9 Å². The Bertz CT molecular complexity index is 1430. The van der Waals surface area contributed by atoms with Gasteiger partial charge >= 0.3 is 0 Å². The van der Waals surface area contributed by atoms with Gasteiger partial charge in [0.2, 0.25) is 11.2 Å². The standard InChI is InChI=1S/C27H23F2N3O4/c28-19-11-10-18-23(17-5-2-1-3-6-17)32-15-30(27(35)24-25(34)21(33)12-13-31(24)32)20(16-8-9-16)7-4-14-36-26(18)22(19)29/h1-7,10-13,16,20,23,34H,8-9,14-15H2/b7-4-/t20-,23+/m0/s1. The van der Waals surface area contributed by atoms with Crippen LogP contribution in [0.3, 0.4) is 0 Å². The molecule has 1 amide bonds. The van der Waals surface area contributed by atoms with Crippen LogP contribution in [-0.2, 0) is 0 Å². The maximum atomic E-state index is 15.1. The lowest BCUT2D eigenvalue weighted by Crippen LogP contribution is -2.58. The summed E-state index contributed by atoms with van der Waals surface area (Å²) in [6, 6.07) is 11.8. The molecule has 1 N–H and O–H groups in total. The molecule has 0 radical (unpaired) electrons. The Kier molecular flexibility index (Phi) is 5.28. The minimum absolute atomic E-state index is 0.0177. The highest BCUT2D eigenvalue weighted by atomic mass is 19.2. The van der Waals surface area contributed by atoms with Crippen molar-refractivity contribution in [2.75, 3.05) is 18.3 Å². The first-order chi connectivity index (χ1) is 17.5. The van der Waals surface area contributed by atoms with Crippen LogP contribution in [-0.4, -0.2) is 39.9 Å². The lowest BCUT2D eigenvalue weighted by Gasteiger charge is -2.46. The Hall–Kier alpha value is -4.14. The third kappa shape index (κ3) is 3.54. The van der Waals surface area contributed by atoms with Gasteiger partial charge in [0.25, 0.3) is 5.91 Å². The van der Waals surface area contributed by atoms with E-state index in [9.17, 15) is 19.1 Å². The molecule has 3 aliphatic rings. The number of carbonyl (C=O) groups excluding carboxylic acids is 1. The Morgan fingerprint density at radius 2 is 1.78 bits per heavy atom. The second kappa shape index (κ2) is 8.51. The maximum absolute atomic E-state index is 15.1. The van der Waals surface area contributed by atoms with Crippen LogP contribution >= 0.6 is 0 Å². The van der Waals surface area contributed by atoms with E-state index in [2.05, 4.69) is 0 Å².